The van der Waals surface area contributed by atoms with E-state index in [4.69, 9.17) is 0 Å². The minimum atomic E-state index is -3.57. The van der Waals surface area contributed by atoms with Crippen LogP contribution in [-0.2, 0) is 21.9 Å². The average molecular weight is 285 g/mol. The first-order valence-corrected chi connectivity index (χ1v) is 7.76. The van der Waals surface area contributed by atoms with Crippen LogP contribution in [0.25, 0.3) is 0 Å². The number of Topliss-reactive ketones (excluding diaryl/α,β-unsaturated/α-hetero) is 1. The zero-order chi connectivity index (χ0) is 14.2. The molecule has 0 bridgehead atoms. The first-order chi connectivity index (χ1) is 8.82. The van der Waals surface area contributed by atoms with E-state index < -0.39 is 10.0 Å². The van der Waals surface area contributed by atoms with E-state index in [9.17, 15) is 13.2 Å². The lowest BCUT2D eigenvalue weighted by Gasteiger charge is -2.29. The summed E-state index contributed by atoms with van der Waals surface area (Å²) in [4.78, 5) is 15.3. The maximum absolute atomic E-state index is 12.4. The summed E-state index contributed by atoms with van der Waals surface area (Å²) >= 11 is 0. The van der Waals surface area contributed by atoms with Gasteiger partial charge in [0.15, 0.2) is 5.03 Å². The van der Waals surface area contributed by atoms with Crippen molar-refractivity contribution in [2.75, 3.05) is 7.05 Å². The van der Waals surface area contributed by atoms with Crippen LogP contribution in [0.1, 0.15) is 31.5 Å². The Bertz CT molecular complexity index is 562. The van der Waals surface area contributed by atoms with E-state index in [2.05, 4.69) is 4.98 Å². The first-order valence-electron chi connectivity index (χ1n) is 6.32. The third-order valence-electron chi connectivity index (χ3n) is 3.76. The van der Waals surface area contributed by atoms with Crippen molar-refractivity contribution in [1.29, 1.82) is 0 Å². The molecule has 0 saturated heterocycles. The number of carbonyl (C=O) groups excluding carboxylic acids is 1. The molecule has 0 aromatic carbocycles. The summed E-state index contributed by atoms with van der Waals surface area (Å²) in [6.45, 7) is 1.76. The molecule has 0 unspecified atom stereocenters. The van der Waals surface area contributed by atoms with E-state index >= 15 is 0 Å². The van der Waals surface area contributed by atoms with E-state index in [0.29, 0.717) is 31.5 Å². The molecule has 1 fully saturated rings. The van der Waals surface area contributed by atoms with Crippen molar-refractivity contribution in [2.24, 2.45) is 7.05 Å². The number of hydrogen-bond acceptors (Lipinski definition) is 4. The van der Waals surface area contributed by atoms with Gasteiger partial charge >= 0.3 is 0 Å². The van der Waals surface area contributed by atoms with Crippen LogP contribution in [0, 0.1) is 6.92 Å². The van der Waals surface area contributed by atoms with Crippen LogP contribution in [-0.4, -0.2) is 41.1 Å². The Labute approximate surface area is 113 Å². The number of sulfonamides is 1. The summed E-state index contributed by atoms with van der Waals surface area (Å²) < 4.78 is 27.9. The molecule has 19 heavy (non-hydrogen) atoms. The molecule has 7 heteroatoms. The number of aryl methyl sites for hydroxylation is 2. The summed E-state index contributed by atoms with van der Waals surface area (Å²) in [6.07, 6.45) is 3.65. The van der Waals surface area contributed by atoms with Gasteiger partial charge < -0.3 is 4.57 Å². The standard InChI is InChI=1S/C12H19N3O3S/c1-9-13-12(8-14(9)2)19(17,18)15(3)10-4-6-11(16)7-5-10/h8,10H,4-7H2,1-3H3. The maximum Gasteiger partial charge on any atom is 0.262 e. The SMILES string of the molecule is Cc1nc(S(=O)(=O)N(C)C2CCC(=O)CC2)cn1C. The molecule has 1 heterocycles. The molecule has 0 atom stereocenters. The molecule has 0 amide bonds. The van der Waals surface area contributed by atoms with Crippen molar-refractivity contribution in [3.8, 4) is 0 Å². The monoisotopic (exact) mass is 285 g/mol. The number of rotatable bonds is 3. The highest BCUT2D eigenvalue weighted by Gasteiger charge is 2.32. The van der Waals surface area contributed by atoms with E-state index in [1.807, 2.05) is 0 Å². The van der Waals surface area contributed by atoms with Gasteiger partial charge in [-0.3, -0.25) is 4.79 Å². The molecule has 1 aromatic rings. The van der Waals surface area contributed by atoms with E-state index in [0.717, 1.165) is 0 Å². The molecule has 0 N–H and O–H groups in total. The topological polar surface area (TPSA) is 72.3 Å². The van der Waals surface area contributed by atoms with Crippen LogP contribution >= 0.6 is 0 Å². The Hall–Kier alpha value is -1.21. The lowest BCUT2D eigenvalue weighted by molar-refractivity contribution is -0.120. The third kappa shape index (κ3) is 2.71. The average Bonchev–Trinajstić information content (AvgIpc) is 2.70. The molecular weight excluding hydrogens is 266 g/mol. The predicted molar refractivity (Wildman–Crippen MR) is 70.2 cm³/mol. The minimum Gasteiger partial charge on any atom is -0.337 e. The van der Waals surface area contributed by atoms with Crippen LogP contribution in [0.5, 0.6) is 0 Å². The first kappa shape index (κ1) is 14.2. The number of carbonyl (C=O) groups is 1. The normalized spacial score (nSPS) is 18.2. The smallest absolute Gasteiger partial charge is 0.262 e. The van der Waals surface area contributed by atoms with Gasteiger partial charge in [-0.2, -0.15) is 4.31 Å². The van der Waals surface area contributed by atoms with Crippen molar-refractivity contribution in [3.63, 3.8) is 0 Å². The van der Waals surface area contributed by atoms with Gasteiger partial charge in [-0.1, -0.05) is 0 Å². The number of ketones is 1. The van der Waals surface area contributed by atoms with Crippen molar-refractivity contribution in [2.45, 2.75) is 43.7 Å². The summed E-state index contributed by atoms with van der Waals surface area (Å²) in [5, 5.41) is 0.0758. The Morgan fingerprint density at radius 1 is 1.37 bits per heavy atom. The van der Waals surface area contributed by atoms with Crippen LogP contribution in [0.3, 0.4) is 0 Å². The lowest BCUT2D eigenvalue weighted by atomic mass is 9.95. The zero-order valence-electron chi connectivity index (χ0n) is 11.5. The minimum absolute atomic E-state index is 0.0758. The highest BCUT2D eigenvalue weighted by Crippen LogP contribution is 2.24. The van der Waals surface area contributed by atoms with Gasteiger partial charge in [0, 0.05) is 39.2 Å². The van der Waals surface area contributed by atoms with Gasteiger partial charge in [0.1, 0.15) is 11.6 Å². The highest BCUT2D eigenvalue weighted by atomic mass is 32.2. The molecule has 0 spiro atoms. The summed E-state index contributed by atoms with van der Waals surface area (Å²) in [7, 11) is -0.234. The van der Waals surface area contributed by atoms with Crippen molar-refractivity contribution >= 4 is 15.8 Å². The van der Waals surface area contributed by atoms with Gasteiger partial charge in [-0.15, -0.1) is 0 Å². The van der Waals surface area contributed by atoms with Gasteiger partial charge in [0.2, 0.25) is 0 Å². The number of aromatic nitrogens is 2. The van der Waals surface area contributed by atoms with Crippen LogP contribution in [0.15, 0.2) is 11.2 Å². The van der Waals surface area contributed by atoms with E-state index in [1.165, 1.54) is 10.5 Å². The number of nitrogens with zero attached hydrogens (tertiary/aromatic N) is 3. The fraction of sp³-hybridized carbons (Fsp3) is 0.667. The molecular formula is C12H19N3O3S. The van der Waals surface area contributed by atoms with Crippen LogP contribution in [0.2, 0.25) is 0 Å². The molecule has 1 aliphatic rings. The highest BCUT2D eigenvalue weighted by molar-refractivity contribution is 7.89. The second kappa shape index (κ2) is 5.05. The molecule has 1 aromatic heterocycles. The Morgan fingerprint density at radius 2 is 1.95 bits per heavy atom. The molecule has 0 aliphatic heterocycles. The van der Waals surface area contributed by atoms with Gasteiger partial charge in [-0.05, 0) is 19.8 Å². The zero-order valence-corrected chi connectivity index (χ0v) is 12.3. The van der Waals surface area contributed by atoms with E-state index in [-0.39, 0.29) is 16.9 Å². The second-order valence-corrected chi connectivity index (χ2v) is 6.97. The fourth-order valence-corrected chi connectivity index (χ4v) is 3.72. The molecule has 2 rings (SSSR count). The van der Waals surface area contributed by atoms with Gasteiger partial charge in [-0.25, -0.2) is 13.4 Å². The summed E-state index contributed by atoms with van der Waals surface area (Å²) in [5.41, 5.74) is 0. The Balaban J connectivity index is 2.21. The fourth-order valence-electron chi connectivity index (χ4n) is 2.28. The van der Waals surface area contributed by atoms with E-state index in [1.54, 1.807) is 25.6 Å². The lowest BCUT2D eigenvalue weighted by Crippen LogP contribution is -2.39. The van der Waals surface area contributed by atoms with Gasteiger partial charge in [0.25, 0.3) is 10.0 Å². The molecule has 1 aliphatic carbocycles. The Kier molecular flexibility index (Phi) is 3.78. The second-order valence-electron chi connectivity index (χ2n) is 5.03. The van der Waals surface area contributed by atoms with Gasteiger partial charge in [0.05, 0.1) is 0 Å². The molecule has 1 saturated carbocycles. The molecule has 6 nitrogen and oxygen atoms in total. The summed E-state index contributed by atoms with van der Waals surface area (Å²) in [6, 6.07) is -0.106. The molecule has 0 radical (unpaired) electrons. The van der Waals surface area contributed by atoms with Crippen LogP contribution < -0.4 is 0 Å². The number of imidazole rings is 1. The van der Waals surface area contributed by atoms with Crippen molar-refractivity contribution < 1.29 is 13.2 Å². The largest absolute Gasteiger partial charge is 0.337 e. The predicted octanol–water partition coefficient (Wildman–Crippen LogP) is 0.861. The quantitative estimate of drug-likeness (QED) is 0.825. The summed E-state index contributed by atoms with van der Waals surface area (Å²) in [5.74, 6) is 0.876. The third-order valence-corrected chi connectivity index (χ3v) is 5.54. The Morgan fingerprint density at radius 3 is 2.42 bits per heavy atom. The van der Waals surface area contributed by atoms with Crippen molar-refractivity contribution in [3.05, 3.63) is 12.0 Å². The maximum atomic E-state index is 12.4. The van der Waals surface area contributed by atoms with Crippen LogP contribution in [0.4, 0.5) is 0 Å². The number of hydrogen-bond donors (Lipinski definition) is 0. The van der Waals surface area contributed by atoms with Crippen molar-refractivity contribution in [1.82, 2.24) is 13.9 Å². The molecule has 106 valence electrons.